The molecule has 2 aromatic heterocycles. The molecule has 0 fully saturated rings. The van der Waals surface area contributed by atoms with Crippen LogP contribution in [0.3, 0.4) is 0 Å². The van der Waals surface area contributed by atoms with E-state index >= 15 is 0 Å². The lowest BCUT2D eigenvalue weighted by Gasteiger charge is -2.37. The van der Waals surface area contributed by atoms with Crippen molar-refractivity contribution >= 4 is 27.3 Å². The Morgan fingerprint density at radius 1 is 1.09 bits per heavy atom. The SMILES string of the molecule is Cn1c(-c2cocn2)nnc1-c1cc(Cl)c(F)cc1N(C(C)(C)C)S(=O)(=O)c1ccccc1. The summed E-state index contributed by atoms with van der Waals surface area (Å²) >= 11 is 6.12. The van der Waals surface area contributed by atoms with Crippen LogP contribution in [-0.2, 0) is 17.1 Å². The molecule has 0 aliphatic carbocycles. The summed E-state index contributed by atoms with van der Waals surface area (Å²) in [5, 5.41) is 8.20. The Labute approximate surface area is 195 Å². The standard InChI is InChI=1S/C22H21ClFN5O3S/c1-22(2,3)29(33(30,31)14-8-6-5-7-9-14)19-11-17(24)16(23)10-15(19)20-26-27-21(28(20)4)18-12-32-13-25-18/h5-13H,1-4H3. The molecule has 8 nitrogen and oxygen atoms in total. The summed E-state index contributed by atoms with van der Waals surface area (Å²) in [5.74, 6) is -0.0902. The van der Waals surface area contributed by atoms with Crippen molar-refractivity contribution in [1.82, 2.24) is 19.7 Å². The maximum atomic E-state index is 14.7. The van der Waals surface area contributed by atoms with E-state index in [-0.39, 0.29) is 21.4 Å². The molecule has 0 unspecified atom stereocenters. The highest BCUT2D eigenvalue weighted by atomic mass is 35.5. The third kappa shape index (κ3) is 4.11. The highest BCUT2D eigenvalue weighted by Gasteiger charge is 2.37. The molecule has 33 heavy (non-hydrogen) atoms. The van der Waals surface area contributed by atoms with Gasteiger partial charge in [0.05, 0.1) is 15.6 Å². The average Bonchev–Trinajstić information content (AvgIpc) is 3.40. The molecule has 0 aliphatic rings. The van der Waals surface area contributed by atoms with Crippen LogP contribution >= 0.6 is 11.6 Å². The molecular formula is C22H21ClFN5O3S. The monoisotopic (exact) mass is 489 g/mol. The number of hydrogen-bond acceptors (Lipinski definition) is 6. The van der Waals surface area contributed by atoms with Gasteiger partial charge in [-0.25, -0.2) is 17.8 Å². The Kier molecular flexibility index (Phi) is 5.75. The van der Waals surface area contributed by atoms with Crippen molar-refractivity contribution in [3.63, 3.8) is 0 Å². The summed E-state index contributed by atoms with van der Waals surface area (Å²) in [5.41, 5.74) is -0.149. The number of benzene rings is 2. The molecule has 2 heterocycles. The second-order valence-corrected chi connectivity index (χ2v) is 10.5. The molecule has 0 spiro atoms. The zero-order valence-electron chi connectivity index (χ0n) is 18.3. The number of hydrogen-bond donors (Lipinski definition) is 0. The predicted molar refractivity (Wildman–Crippen MR) is 123 cm³/mol. The largest absolute Gasteiger partial charge is 0.451 e. The predicted octanol–water partition coefficient (Wildman–Crippen LogP) is 4.92. The summed E-state index contributed by atoms with van der Waals surface area (Å²) < 4.78 is 50.0. The first kappa shape index (κ1) is 22.9. The normalized spacial score (nSPS) is 12.2. The minimum atomic E-state index is -4.08. The minimum absolute atomic E-state index is 0.0717. The molecule has 0 saturated carbocycles. The van der Waals surface area contributed by atoms with E-state index in [1.165, 1.54) is 35.2 Å². The van der Waals surface area contributed by atoms with E-state index in [4.69, 9.17) is 16.0 Å². The molecule has 2 aromatic carbocycles. The second kappa shape index (κ2) is 8.27. The third-order valence-electron chi connectivity index (χ3n) is 4.93. The van der Waals surface area contributed by atoms with Gasteiger partial charge in [-0.3, -0.25) is 4.31 Å². The minimum Gasteiger partial charge on any atom is -0.451 e. The van der Waals surface area contributed by atoms with Gasteiger partial charge in [0.1, 0.15) is 17.8 Å². The summed E-state index contributed by atoms with van der Waals surface area (Å²) in [4.78, 5) is 4.15. The first-order chi connectivity index (χ1) is 15.5. The van der Waals surface area contributed by atoms with Gasteiger partial charge in [-0.15, -0.1) is 10.2 Å². The Morgan fingerprint density at radius 2 is 1.76 bits per heavy atom. The van der Waals surface area contributed by atoms with Crippen LogP contribution in [0.1, 0.15) is 20.8 Å². The van der Waals surface area contributed by atoms with E-state index in [0.717, 1.165) is 6.07 Å². The Balaban J connectivity index is 1.99. The molecule has 4 rings (SSSR count). The third-order valence-corrected chi connectivity index (χ3v) is 7.31. The summed E-state index contributed by atoms with van der Waals surface area (Å²) in [6, 6.07) is 10.4. The number of anilines is 1. The number of halogens is 2. The van der Waals surface area contributed by atoms with E-state index in [0.29, 0.717) is 17.1 Å². The maximum Gasteiger partial charge on any atom is 0.264 e. The van der Waals surface area contributed by atoms with Crippen LogP contribution in [-0.4, -0.2) is 33.7 Å². The van der Waals surface area contributed by atoms with Crippen LogP contribution in [0.4, 0.5) is 10.1 Å². The van der Waals surface area contributed by atoms with Gasteiger partial charge < -0.3 is 8.98 Å². The lowest BCUT2D eigenvalue weighted by atomic mass is 10.1. The van der Waals surface area contributed by atoms with Gasteiger partial charge in [0.15, 0.2) is 18.0 Å². The van der Waals surface area contributed by atoms with Gasteiger partial charge in [-0.05, 0) is 39.0 Å². The van der Waals surface area contributed by atoms with Gasteiger partial charge in [-0.2, -0.15) is 0 Å². The fourth-order valence-electron chi connectivity index (χ4n) is 3.54. The molecule has 0 amide bonds. The Bertz CT molecular complexity index is 1400. The van der Waals surface area contributed by atoms with Gasteiger partial charge >= 0.3 is 0 Å². The number of aromatic nitrogens is 4. The van der Waals surface area contributed by atoms with Crippen molar-refractivity contribution in [3.05, 3.63) is 66.0 Å². The van der Waals surface area contributed by atoms with E-state index in [1.807, 2.05) is 0 Å². The molecule has 4 aromatic rings. The molecule has 0 saturated heterocycles. The van der Waals surface area contributed by atoms with Crippen molar-refractivity contribution < 1.29 is 17.2 Å². The van der Waals surface area contributed by atoms with E-state index < -0.39 is 21.4 Å². The Hall–Kier alpha value is -3.24. The summed E-state index contributed by atoms with van der Waals surface area (Å²) in [6.07, 6.45) is 2.67. The van der Waals surface area contributed by atoms with Crippen LogP contribution in [0.15, 0.2) is 64.4 Å². The highest BCUT2D eigenvalue weighted by Crippen LogP contribution is 2.40. The van der Waals surface area contributed by atoms with Crippen LogP contribution in [0.2, 0.25) is 5.02 Å². The van der Waals surface area contributed by atoms with Gasteiger partial charge in [0, 0.05) is 24.2 Å². The van der Waals surface area contributed by atoms with Crippen LogP contribution < -0.4 is 4.31 Å². The molecule has 0 bridgehead atoms. The van der Waals surface area contributed by atoms with Crippen molar-refractivity contribution in [2.24, 2.45) is 7.05 Å². The van der Waals surface area contributed by atoms with Crippen LogP contribution in [0.25, 0.3) is 22.9 Å². The zero-order chi connectivity index (χ0) is 24.0. The summed E-state index contributed by atoms with van der Waals surface area (Å²) in [7, 11) is -2.39. The fourth-order valence-corrected chi connectivity index (χ4v) is 5.55. The molecule has 11 heteroatoms. The lowest BCUT2D eigenvalue weighted by molar-refractivity contribution is 0.534. The van der Waals surface area contributed by atoms with Crippen molar-refractivity contribution in [1.29, 1.82) is 0 Å². The van der Waals surface area contributed by atoms with E-state index in [1.54, 1.807) is 50.6 Å². The number of sulfonamides is 1. The number of rotatable bonds is 5. The maximum absolute atomic E-state index is 14.7. The molecule has 172 valence electrons. The zero-order valence-corrected chi connectivity index (χ0v) is 19.9. The second-order valence-electron chi connectivity index (χ2n) is 8.32. The van der Waals surface area contributed by atoms with Crippen LogP contribution in [0, 0.1) is 5.82 Å². The lowest BCUT2D eigenvalue weighted by Crippen LogP contribution is -2.46. The first-order valence-corrected chi connectivity index (χ1v) is 11.7. The van der Waals surface area contributed by atoms with Gasteiger partial charge in [0.25, 0.3) is 10.0 Å². The highest BCUT2D eigenvalue weighted by molar-refractivity contribution is 7.93. The molecule has 0 radical (unpaired) electrons. The quantitative estimate of drug-likeness (QED) is 0.395. The van der Waals surface area contributed by atoms with E-state index in [2.05, 4.69) is 15.2 Å². The van der Waals surface area contributed by atoms with Crippen molar-refractivity contribution in [3.8, 4) is 22.9 Å². The fraction of sp³-hybridized carbons (Fsp3) is 0.227. The molecular weight excluding hydrogens is 469 g/mol. The topological polar surface area (TPSA) is 94.1 Å². The smallest absolute Gasteiger partial charge is 0.264 e. The average molecular weight is 490 g/mol. The van der Waals surface area contributed by atoms with Crippen molar-refractivity contribution in [2.45, 2.75) is 31.2 Å². The van der Waals surface area contributed by atoms with E-state index in [9.17, 15) is 12.8 Å². The van der Waals surface area contributed by atoms with Crippen LogP contribution in [0.5, 0.6) is 0 Å². The first-order valence-electron chi connectivity index (χ1n) is 9.89. The molecule has 0 N–H and O–H groups in total. The molecule has 0 atom stereocenters. The van der Waals surface area contributed by atoms with Crippen molar-refractivity contribution in [2.75, 3.05) is 4.31 Å². The van der Waals surface area contributed by atoms with Gasteiger partial charge in [0.2, 0.25) is 0 Å². The number of nitrogens with zero attached hydrogens (tertiary/aromatic N) is 5. The Morgan fingerprint density at radius 3 is 2.36 bits per heavy atom. The number of oxazole rings is 1. The molecule has 0 aliphatic heterocycles. The summed E-state index contributed by atoms with van der Waals surface area (Å²) in [6.45, 7) is 5.17. The van der Waals surface area contributed by atoms with Gasteiger partial charge in [-0.1, -0.05) is 29.8 Å².